The summed E-state index contributed by atoms with van der Waals surface area (Å²) in [5.74, 6) is 0. The van der Waals surface area contributed by atoms with Gasteiger partial charge < -0.3 is 80.2 Å². The molecule has 7 unspecified atom stereocenters. The van der Waals surface area contributed by atoms with Gasteiger partial charge in [-0.25, -0.2) is 0 Å². The van der Waals surface area contributed by atoms with Crippen LogP contribution in [-0.2, 0) is 18.9 Å². The molecule has 16 nitrogen and oxygen atoms in total. The van der Waals surface area contributed by atoms with Crippen molar-refractivity contribution >= 4 is 0 Å². The van der Waals surface area contributed by atoms with Crippen molar-refractivity contribution in [1.29, 1.82) is 0 Å². The molecule has 16 heteroatoms. The summed E-state index contributed by atoms with van der Waals surface area (Å²) >= 11 is 0. The lowest BCUT2D eigenvalue weighted by atomic mass is 9.85. The van der Waals surface area contributed by atoms with Crippen LogP contribution < -0.4 is 0 Å². The highest BCUT2D eigenvalue weighted by Crippen LogP contribution is 2.30. The van der Waals surface area contributed by atoms with Crippen molar-refractivity contribution in [1.82, 2.24) is 0 Å². The van der Waals surface area contributed by atoms with Gasteiger partial charge in [-0.15, -0.1) is 0 Å². The standard InChI is InChI=1S/C18H32O16/c19-1-3-5(20)7(22)6(21)4(32-3)2-31-17-14(29)11(26)15(30)18(34-17)33-16-12(27)9(24)8(23)10(25)13(16)28/h3-30H,1-2H2/t3?,4-,5+,6?,7-,8?,9-,10+,11-,12?,13+,14-,15?,16?,17?,18+/m1/s1. The molecule has 0 amide bonds. The van der Waals surface area contributed by atoms with Crippen LogP contribution in [0.4, 0.5) is 0 Å². The Kier molecular flexibility index (Phi) is 9.18. The highest BCUT2D eigenvalue weighted by Gasteiger charge is 2.53. The van der Waals surface area contributed by atoms with Gasteiger partial charge in [-0.05, 0) is 0 Å². The average Bonchev–Trinajstić information content (AvgIpc) is 2.82. The molecule has 0 aromatic heterocycles. The molecule has 16 atom stereocenters. The lowest BCUT2D eigenvalue weighted by molar-refractivity contribution is -0.377. The van der Waals surface area contributed by atoms with E-state index in [-0.39, 0.29) is 0 Å². The molecule has 1 aliphatic carbocycles. The van der Waals surface area contributed by atoms with Crippen LogP contribution in [0.5, 0.6) is 0 Å². The number of aliphatic hydroxyl groups is 12. The molecule has 0 aromatic carbocycles. The van der Waals surface area contributed by atoms with Crippen molar-refractivity contribution in [2.45, 2.75) is 98.0 Å². The molecule has 2 saturated heterocycles. The van der Waals surface area contributed by atoms with E-state index in [9.17, 15) is 61.3 Å². The molecule has 34 heavy (non-hydrogen) atoms. The number of aliphatic hydroxyl groups excluding tert-OH is 12. The zero-order chi connectivity index (χ0) is 25.5. The fourth-order valence-corrected chi connectivity index (χ4v) is 4.09. The summed E-state index contributed by atoms with van der Waals surface area (Å²) in [5.41, 5.74) is 0. The maximum Gasteiger partial charge on any atom is 0.189 e. The smallest absolute Gasteiger partial charge is 0.189 e. The van der Waals surface area contributed by atoms with Gasteiger partial charge in [0.25, 0.3) is 0 Å². The number of hydrogen-bond acceptors (Lipinski definition) is 16. The van der Waals surface area contributed by atoms with Gasteiger partial charge in [-0.3, -0.25) is 0 Å². The molecule has 0 radical (unpaired) electrons. The van der Waals surface area contributed by atoms with E-state index in [2.05, 4.69) is 0 Å². The Labute approximate surface area is 192 Å². The topological polar surface area (TPSA) is 280 Å². The van der Waals surface area contributed by atoms with Crippen molar-refractivity contribution in [3.63, 3.8) is 0 Å². The monoisotopic (exact) mass is 504 g/mol. The van der Waals surface area contributed by atoms with Crippen molar-refractivity contribution in [3.8, 4) is 0 Å². The normalized spacial score (nSPS) is 54.7. The summed E-state index contributed by atoms with van der Waals surface area (Å²) in [4.78, 5) is 0. The van der Waals surface area contributed by atoms with Gasteiger partial charge in [0.2, 0.25) is 0 Å². The van der Waals surface area contributed by atoms with Crippen molar-refractivity contribution in [3.05, 3.63) is 0 Å². The molecule has 1 saturated carbocycles. The van der Waals surface area contributed by atoms with Gasteiger partial charge in [-0.2, -0.15) is 0 Å². The van der Waals surface area contributed by atoms with Gasteiger partial charge in [0, 0.05) is 0 Å². The lowest BCUT2D eigenvalue weighted by Crippen LogP contribution is -2.67. The molecule has 0 spiro atoms. The summed E-state index contributed by atoms with van der Waals surface area (Å²) in [6.07, 6.45) is -28.4. The van der Waals surface area contributed by atoms with Crippen LogP contribution in [0.1, 0.15) is 0 Å². The van der Waals surface area contributed by atoms with Gasteiger partial charge in [0.1, 0.15) is 85.5 Å². The van der Waals surface area contributed by atoms with E-state index in [4.69, 9.17) is 18.9 Å². The van der Waals surface area contributed by atoms with Crippen LogP contribution >= 0.6 is 0 Å². The van der Waals surface area contributed by atoms with Crippen molar-refractivity contribution in [2.24, 2.45) is 0 Å². The quantitative estimate of drug-likeness (QED) is 0.160. The molecular weight excluding hydrogens is 472 g/mol. The third kappa shape index (κ3) is 5.23. The third-order valence-corrected chi connectivity index (χ3v) is 6.31. The maximum absolute atomic E-state index is 10.2. The Bertz CT molecular complexity index is 637. The first-order chi connectivity index (χ1) is 15.9. The van der Waals surface area contributed by atoms with E-state index in [1.54, 1.807) is 0 Å². The van der Waals surface area contributed by atoms with Crippen LogP contribution in [0.3, 0.4) is 0 Å². The zero-order valence-electron chi connectivity index (χ0n) is 17.7. The largest absolute Gasteiger partial charge is 0.394 e. The van der Waals surface area contributed by atoms with E-state index in [1.807, 2.05) is 0 Å². The van der Waals surface area contributed by atoms with Crippen LogP contribution in [0.2, 0.25) is 0 Å². The minimum Gasteiger partial charge on any atom is -0.394 e. The zero-order valence-corrected chi connectivity index (χ0v) is 17.7. The molecule has 2 aliphatic heterocycles. The molecule has 3 fully saturated rings. The van der Waals surface area contributed by atoms with Gasteiger partial charge in [-0.1, -0.05) is 0 Å². The first-order valence-electron chi connectivity index (χ1n) is 10.6. The first kappa shape index (κ1) is 27.9. The Hall–Kier alpha value is -0.640. The van der Waals surface area contributed by atoms with E-state index in [1.165, 1.54) is 0 Å². The average molecular weight is 504 g/mol. The Morgan fingerprint density at radius 1 is 0.471 bits per heavy atom. The second kappa shape index (κ2) is 11.2. The predicted molar refractivity (Wildman–Crippen MR) is 101 cm³/mol. The second-order valence-corrected chi connectivity index (χ2v) is 8.60. The summed E-state index contributed by atoms with van der Waals surface area (Å²) < 4.78 is 21.0. The third-order valence-electron chi connectivity index (χ3n) is 6.31. The number of hydrogen-bond donors (Lipinski definition) is 12. The van der Waals surface area contributed by atoms with Crippen LogP contribution in [0.25, 0.3) is 0 Å². The van der Waals surface area contributed by atoms with E-state index in [0.29, 0.717) is 0 Å². The SMILES string of the molecule is OCC1O[C@H](COC2O[C@H](OC3C(O)[C@H](O)C(O)[C@H](O)[C@@H]3O)C(O)[C@H](O)[C@H]2O)C(O)[C@H](O)[C@H]1O. The fraction of sp³-hybridized carbons (Fsp3) is 1.00. The first-order valence-corrected chi connectivity index (χ1v) is 10.6. The Morgan fingerprint density at radius 3 is 1.47 bits per heavy atom. The van der Waals surface area contributed by atoms with Crippen LogP contribution in [0, 0.1) is 0 Å². The summed E-state index contributed by atoms with van der Waals surface area (Å²) in [6.45, 7) is -1.29. The molecule has 0 aromatic rings. The van der Waals surface area contributed by atoms with Gasteiger partial charge in [0.15, 0.2) is 12.6 Å². The van der Waals surface area contributed by atoms with Crippen molar-refractivity contribution < 1.29 is 80.2 Å². The predicted octanol–water partition coefficient (Wildman–Crippen LogP) is -8.19. The van der Waals surface area contributed by atoms with E-state index >= 15 is 0 Å². The summed E-state index contributed by atoms with van der Waals surface area (Å²) in [6, 6.07) is 0. The maximum atomic E-state index is 10.2. The Morgan fingerprint density at radius 2 is 0.912 bits per heavy atom. The molecular formula is C18H32O16. The van der Waals surface area contributed by atoms with Gasteiger partial charge in [0.05, 0.1) is 13.2 Å². The molecule has 200 valence electrons. The van der Waals surface area contributed by atoms with E-state index in [0.717, 1.165) is 0 Å². The minimum atomic E-state index is -1.96. The van der Waals surface area contributed by atoms with Crippen LogP contribution in [-0.4, -0.2) is 173 Å². The number of ether oxygens (including phenoxy) is 4. The fourth-order valence-electron chi connectivity index (χ4n) is 4.09. The number of rotatable bonds is 6. The van der Waals surface area contributed by atoms with Crippen molar-refractivity contribution in [2.75, 3.05) is 13.2 Å². The Balaban J connectivity index is 1.67. The molecule has 3 rings (SSSR count). The molecule has 12 N–H and O–H groups in total. The lowest BCUT2D eigenvalue weighted by Gasteiger charge is -2.46. The molecule has 3 aliphatic rings. The summed E-state index contributed by atoms with van der Waals surface area (Å²) in [7, 11) is 0. The molecule has 2 heterocycles. The highest BCUT2D eigenvalue weighted by atomic mass is 16.8. The molecule has 0 bridgehead atoms. The van der Waals surface area contributed by atoms with E-state index < -0.39 is 111 Å². The second-order valence-electron chi connectivity index (χ2n) is 8.60. The van der Waals surface area contributed by atoms with Gasteiger partial charge >= 0.3 is 0 Å². The summed E-state index contributed by atoms with van der Waals surface area (Å²) in [5, 5.41) is 119. The highest BCUT2D eigenvalue weighted by molar-refractivity contribution is 5.00. The minimum absolute atomic E-state index is 0.600. The van der Waals surface area contributed by atoms with Crippen LogP contribution in [0.15, 0.2) is 0 Å².